The highest BCUT2D eigenvalue weighted by molar-refractivity contribution is 7.14. The van der Waals surface area contributed by atoms with Gasteiger partial charge in [-0.15, -0.1) is 11.3 Å². The number of anilines is 2. The monoisotopic (exact) mass is 276 g/mol. The zero-order chi connectivity index (χ0) is 13.8. The van der Waals surface area contributed by atoms with Crippen molar-refractivity contribution < 1.29 is 9.53 Å². The first-order valence-corrected chi connectivity index (χ1v) is 6.95. The number of benzene rings is 1. The number of aromatic nitrogens is 1. The molecule has 0 atom stereocenters. The number of nitrogens with zero attached hydrogens (tertiary/aromatic N) is 1. The van der Waals surface area contributed by atoms with Crippen LogP contribution in [0.1, 0.15) is 28.5 Å². The Morgan fingerprint density at radius 3 is 2.68 bits per heavy atom. The second-order valence-electron chi connectivity index (χ2n) is 4.14. The molecular formula is C14H16N2O2S. The number of carbonyl (C=O) groups excluding carboxylic acids is 1. The summed E-state index contributed by atoms with van der Waals surface area (Å²) < 4.78 is 4.99. The zero-order valence-electron chi connectivity index (χ0n) is 11.2. The van der Waals surface area contributed by atoms with Gasteiger partial charge >= 0.3 is 5.97 Å². The summed E-state index contributed by atoms with van der Waals surface area (Å²) in [6.45, 7) is 6.18. The number of esters is 1. The molecule has 0 bridgehead atoms. The van der Waals surface area contributed by atoms with Crippen molar-refractivity contribution >= 4 is 28.0 Å². The third kappa shape index (κ3) is 2.93. The molecule has 1 heterocycles. The molecule has 0 aliphatic carbocycles. The highest BCUT2D eigenvalue weighted by Crippen LogP contribution is 2.29. The number of ether oxygens (including phenoxy) is 1. The maximum atomic E-state index is 11.8. The summed E-state index contributed by atoms with van der Waals surface area (Å²) in [6.07, 6.45) is 0. The van der Waals surface area contributed by atoms with Crippen molar-refractivity contribution in [1.29, 1.82) is 0 Å². The second-order valence-corrected chi connectivity index (χ2v) is 5.00. The van der Waals surface area contributed by atoms with E-state index in [9.17, 15) is 4.79 Å². The molecule has 0 amide bonds. The Morgan fingerprint density at radius 1 is 1.37 bits per heavy atom. The van der Waals surface area contributed by atoms with E-state index in [1.54, 1.807) is 12.4 Å². The minimum absolute atomic E-state index is 0.342. The lowest BCUT2D eigenvalue weighted by Crippen LogP contribution is -2.08. The SMILES string of the molecule is CCOC(=O)c1ncsc1Nc1c(C)cccc1C. The highest BCUT2D eigenvalue weighted by atomic mass is 32.1. The van der Waals surface area contributed by atoms with E-state index in [1.807, 2.05) is 32.0 Å². The molecule has 2 aromatic rings. The molecule has 19 heavy (non-hydrogen) atoms. The first kappa shape index (κ1) is 13.5. The lowest BCUT2D eigenvalue weighted by molar-refractivity contribution is 0.0521. The van der Waals surface area contributed by atoms with E-state index in [2.05, 4.69) is 10.3 Å². The Bertz CT molecular complexity index is 573. The largest absolute Gasteiger partial charge is 0.461 e. The molecule has 0 radical (unpaired) electrons. The molecule has 0 saturated carbocycles. The predicted octanol–water partition coefficient (Wildman–Crippen LogP) is 3.68. The van der Waals surface area contributed by atoms with Gasteiger partial charge in [0.25, 0.3) is 0 Å². The minimum Gasteiger partial charge on any atom is -0.461 e. The average molecular weight is 276 g/mol. The maximum Gasteiger partial charge on any atom is 0.360 e. The Labute approximate surface area is 116 Å². The molecule has 5 heteroatoms. The number of nitrogens with one attached hydrogen (secondary N) is 1. The standard InChI is InChI=1S/C14H16N2O2S/c1-4-18-14(17)12-13(19-8-15-12)16-11-9(2)6-5-7-10(11)3/h5-8,16H,4H2,1-3H3. The van der Waals surface area contributed by atoms with Crippen molar-refractivity contribution in [3.8, 4) is 0 Å². The molecule has 0 saturated heterocycles. The van der Waals surface area contributed by atoms with Gasteiger partial charge < -0.3 is 10.1 Å². The summed E-state index contributed by atoms with van der Waals surface area (Å²) in [5.41, 5.74) is 5.25. The van der Waals surface area contributed by atoms with Gasteiger partial charge in [0.1, 0.15) is 5.00 Å². The fraction of sp³-hybridized carbons (Fsp3) is 0.286. The second kappa shape index (κ2) is 5.84. The van der Waals surface area contributed by atoms with Gasteiger partial charge in [-0.3, -0.25) is 0 Å². The van der Waals surface area contributed by atoms with Crippen molar-refractivity contribution in [3.63, 3.8) is 0 Å². The number of hydrogen-bond donors (Lipinski definition) is 1. The molecule has 1 aromatic carbocycles. The Morgan fingerprint density at radius 2 is 2.05 bits per heavy atom. The fourth-order valence-corrected chi connectivity index (χ4v) is 2.48. The van der Waals surface area contributed by atoms with Gasteiger partial charge in [0.2, 0.25) is 0 Å². The lowest BCUT2D eigenvalue weighted by Gasteiger charge is -2.11. The Balaban J connectivity index is 2.30. The van der Waals surface area contributed by atoms with Crippen LogP contribution in [-0.4, -0.2) is 17.6 Å². The normalized spacial score (nSPS) is 10.3. The summed E-state index contributed by atoms with van der Waals surface area (Å²) in [4.78, 5) is 15.8. The van der Waals surface area contributed by atoms with Crippen molar-refractivity contribution in [3.05, 3.63) is 40.5 Å². The van der Waals surface area contributed by atoms with Crippen molar-refractivity contribution in [2.75, 3.05) is 11.9 Å². The van der Waals surface area contributed by atoms with Crippen LogP contribution in [0.15, 0.2) is 23.7 Å². The van der Waals surface area contributed by atoms with Gasteiger partial charge in [-0.1, -0.05) is 18.2 Å². The van der Waals surface area contributed by atoms with Gasteiger partial charge in [0.15, 0.2) is 5.69 Å². The molecule has 2 rings (SSSR count). The van der Waals surface area contributed by atoms with Crippen LogP contribution in [0.5, 0.6) is 0 Å². The van der Waals surface area contributed by atoms with E-state index in [4.69, 9.17) is 4.74 Å². The number of hydrogen-bond acceptors (Lipinski definition) is 5. The topological polar surface area (TPSA) is 51.2 Å². The van der Waals surface area contributed by atoms with Crippen LogP contribution < -0.4 is 5.32 Å². The van der Waals surface area contributed by atoms with Crippen LogP contribution in [0.2, 0.25) is 0 Å². The first-order valence-electron chi connectivity index (χ1n) is 6.07. The maximum absolute atomic E-state index is 11.8. The Kier molecular flexibility index (Phi) is 4.16. The summed E-state index contributed by atoms with van der Waals surface area (Å²) in [5.74, 6) is -0.391. The van der Waals surface area contributed by atoms with Crippen LogP contribution in [0.4, 0.5) is 10.7 Å². The van der Waals surface area contributed by atoms with E-state index in [0.717, 1.165) is 21.8 Å². The van der Waals surface area contributed by atoms with E-state index < -0.39 is 5.97 Å². The Hall–Kier alpha value is -1.88. The van der Waals surface area contributed by atoms with Gasteiger partial charge in [0, 0.05) is 5.69 Å². The average Bonchev–Trinajstić information content (AvgIpc) is 2.82. The number of carbonyl (C=O) groups is 1. The first-order chi connectivity index (χ1) is 9.13. The van der Waals surface area contributed by atoms with Crippen LogP contribution >= 0.6 is 11.3 Å². The van der Waals surface area contributed by atoms with Crippen molar-refractivity contribution in [2.24, 2.45) is 0 Å². The number of aryl methyl sites for hydroxylation is 2. The number of thiazole rings is 1. The van der Waals surface area contributed by atoms with E-state index in [-0.39, 0.29) is 0 Å². The molecule has 4 nitrogen and oxygen atoms in total. The van der Waals surface area contributed by atoms with Crippen LogP contribution in [0.3, 0.4) is 0 Å². The fourth-order valence-electron chi connectivity index (χ4n) is 1.80. The van der Waals surface area contributed by atoms with Crippen molar-refractivity contribution in [1.82, 2.24) is 4.98 Å². The smallest absolute Gasteiger partial charge is 0.360 e. The number of para-hydroxylation sites is 1. The molecule has 0 unspecified atom stereocenters. The molecule has 0 spiro atoms. The molecule has 100 valence electrons. The van der Waals surface area contributed by atoms with Crippen LogP contribution in [-0.2, 0) is 4.74 Å². The summed E-state index contributed by atoms with van der Waals surface area (Å²) in [5, 5.41) is 4.00. The van der Waals surface area contributed by atoms with E-state index in [0.29, 0.717) is 12.3 Å². The lowest BCUT2D eigenvalue weighted by atomic mass is 10.1. The van der Waals surface area contributed by atoms with E-state index >= 15 is 0 Å². The molecule has 1 N–H and O–H groups in total. The molecule has 1 aromatic heterocycles. The molecular weight excluding hydrogens is 260 g/mol. The highest BCUT2D eigenvalue weighted by Gasteiger charge is 2.17. The molecule has 0 aliphatic heterocycles. The van der Waals surface area contributed by atoms with Gasteiger partial charge in [0.05, 0.1) is 12.1 Å². The molecule has 0 fully saturated rings. The summed E-state index contributed by atoms with van der Waals surface area (Å²) in [6, 6.07) is 6.07. The summed E-state index contributed by atoms with van der Waals surface area (Å²) in [7, 11) is 0. The van der Waals surface area contributed by atoms with Gasteiger partial charge in [-0.2, -0.15) is 0 Å². The van der Waals surface area contributed by atoms with Gasteiger partial charge in [-0.25, -0.2) is 9.78 Å². The molecule has 0 aliphatic rings. The third-order valence-electron chi connectivity index (χ3n) is 2.76. The van der Waals surface area contributed by atoms with Crippen molar-refractivity contribution in [2.45, 2.75) is 20.8 Å². The van der Waals surface area contributed by atoms with E-state index in [1.165, 1.54) is 11.3 Å². The third-order valence-corrected chi connectivity index (χ3v) is 3.50. The quantitative estimate of drug-likeness (QED) is 0.865. The summed E-state index contributed by atoms with van der Waals surface area (Å²) >= 11 is 1.39. The number of rotatable bonds is 4. The van der Waals surface area contributed by atoms with Crippen LogP contribution in [0, 0.1) is 13.8 Å². The minimum atomic E-state index is -0.391. The van der Waals surface area contributed by atoms with Gasteiger partial charge in [-0.05, 0) is 31.9 Å². The predicted molar refractivity (Wildman–Crippen MR) is 77.3 cm³/mol. The zero-order valence-corrected chi connectivity index (χ0v) is 12.0. The van der Waals surface area contributed by atoms with Crippen LogP contribution in [0.25, 0.3) is 0 Å².